The van der Waals surface area contributed by atoms with E-state index in [0.29, 0.717) is 12.5 Å². The van der Waals surface area contributed by atoms with Crippen molar-refractivity contribution in [3.63, 3.8) is 0 Å². The maximum atomic E-state index is 11.7. The van der Waals surface area contributed by atoms with Gasteiger partial charge < -0.3 is 13.9 Å². The predicted molar refractivity (Wildman–Crippen MR) is 139 cm³/mol. The molecule has 0 saturated heterocycles. The monoisotopic (exact) mass is 472 g/mol. The number of hydrogen-bond donors (Lipinski definition) is 0. The van der Waals surface area contributed by atoms with Crippen molar-refractivity contribution in [3.8, 4) is 5.75 Å². The summed E-state index contributed by atoms with van der Waals surface area (Å²) in [5.74, 6) is 1.40. The molecule has 4 nitrogen and oxygen atoms in total. The number of unbranched alkanes of at least 4 members (excludes halogenated alkanes) is 1. The Hall–Kier alpha value is -1.69. The van der Waals surface area contributed by atoms with Gasteiger partial charge in [-0.25, -0.2) is 0 Å². The van der Waals surface area contributed by atoms with Gasteiger partial charge in [0.1, 0.15) is 12.0 Å². The summed E-state index contributed by atoms with van der Waals surface area (Å²) in [7, 11) is -0.00914. The van der Waals surface area contributed by atoms with Crippen LogP contribution >= 0.6 is 0 Å². The molecule has 0 N–H and O–H groups in total. The zero-order valence-corrected chi connectivity index (χ0v) is 22.8. The largest absolute Gasteiger partial charge is 0.497 e. The van der Waals surface area contributed by atoms with Gasteiger partial charge in [0, 0.05) is 12.2 Å². The molecule has 0 amide bonds. The van der Waals surface area contributed by atoms with Crippen LogP contribution in [0.4, 0.5) is 0 Å². The Kier molecular flexibility index (Phi) is 10.6. The second-order valence-corrected chi connectivity index (χ2v) is 15.6. The van der Waals surface area contributed by atoms with E-state index in [-0.39, 0.29) is 11.1 Å². The van der Waals surface area contributed by atoms with Crippen molar-refractivity contribution in [2.45, 2.75) is 90.6 Å². The molecule has 0 aromatic heterocycles. The van der Waals surface area contributed by atoms with E-state index in [4.69, 9.17) is 13.9 Å². The molecule has 184 valence electrons. The number of carbonyl (C=O) groups is 1. The van der Waals surface area contributed by atoms with Crippen LogP contribution in [0.15, 0.2) is 47.6 Å². The minimum absolute atomic E-state index is 0.0167. The van der Waals surface area contributed by atoms with Crippen molar-refractivity contribution >= 4 is 14.6 Å². The summed E-state index contributed by atoms with van der Waals surface area (Å²) in [5.41, 5.74) is 3.06. The molecule has 0 saturated carbocycles. The maximum Gasteiger partial charge on any atom is 0.191 e. The minimum Gasteiger partial charge on any atom is -0.497 e. The molecule has 1 aromatic rings. The second kappa shape index (κ2) is 12.7. The number of hydrogen-bond acceptors (Lipinski definition) is 4. The van der Waals surface area contributed by atoms with Crippen LogP contribution in [0, 0.1) is 5.92 Å². The van der Waals surface area contributed by atoms with Crippen LogP contribution in [-0.4, -0.2) is 34.4 Å². The van der Waals surface area contributed by atoms with E-state index in [1.807, 2.05) is 30.3 Å². The summed E-state index contributed by atoms with van der Waals surface area (Å²) in [4.78, 5) is 11.7. The Morgan fingerprint density at radius 2 is 1.88 bits per heavy atom. The quantitative estimate of drug-likeness (QED) is 0.182. The molecule has 2 rings (SSSR count). The molecular formula is C28H44O4Si. The van der Waals surface area contributed by atoms with E-state index in [1.165, 1.54) is 5.57 Å². The number of methoxy groups -OCH3 is 1. The summed E-state index contributed by atoms with van der Waals surface area (Å²) in [5, 5.41) is 0.256. The van der Waals surface area contributed by atoms with Gasteiger partial charge in [-0.1, -0.05) is 45.9 Å². The van der Waals surface area contributed by atoms with Crippen molar-refractivity contribution in [2.75, 3.05) is 13.7 Å². The van der Waals surface area contributed by atoms with Crippen molar-refractivity contribution in [2.24, 2.45) is 5.92 Å². The van der Waals surface area contributed by atoms with E-state index in [1.54, 1.807) is 7.11 Å². The highest BCUT2D eigenvalue weighted by molar-refractivity contribution is 6.74. The van der Waals surface area contributed by atoms with E-state index in [0.717, 1.165) is 61.9 Å². The van der Waals surface area contributed by atoms with Crippen LogP contribution in [0.3, 0.4) is 0 Å². The van der Waals surface area contributed by atoms with Gasteiger partial charge in [0.15, 0.2) is 8.32 Å². The van der Waals surface area contributed by atoms with E-state index < -0.39 is 8.32 Å². The maximum absolute atomic E-state index is 11.7. The number of allylic oxidation sites excluding steroid dienone is 3. The molecule has 0 unspecified atom stereocenters. The Morgan fingerprint density at radius 1 is 1.18 bits per heavy atom. The first-order valence-corrected chi connectivity index (χ1v) is 15.2. The van der Waals surface area contributed by atoms with Crippen LogP contribution in [-0.2, 0) is 20.6 Å². The van der Waals surface area contributed by atoms with Gasteiger partial charge >= 0.3 is 0 Å². The van der Waals surface area contributed by atoms with Gasteiger partial charge in [-0.15, -0.1) is 0 Å². The number of benzene rings is 1. The summed E-state index contributed by atoms with van der Waals surface area (Å²) >= 11 is 0. The molecule has 0 heterocycles. The van der Waals surface area contributed by atoms with Crippen LogP contribution in [0.5, 0.6) is 5.75 Å². The minimum atomic E-state index is -1.67. The molecule has 33 heavy (non-hydrogen) atoms. The van der Waals surface area contributed by atoms with E-state index >= 15 is 0 Å². The second-order valence-electron chi connectivity index (χ2n) is 10.8. The van der Waals surface area contributed by atoms with Gasteiger partial charge in [0.2, 0.25) is 0 Å². The molecule has 1 aromatic carbocycles. The van der Waals surface area contributed by atoms with Gasteiger partial charge in [-0.3, -0.25) is 4.79 Å². The average molecular weight is 473 g/mol. The number of rotatable bonds is 12. The third-order valence-corrected chi connectivity index (χ3v) is 11.5. The summed E-state index contributed by atoms with van der Waals surface area (Å²) in [6.45, 7) is 15.1. The topological polar surface area (TPSA) is 44.8 Å². The van der Waals surface area contributed by atoms with Crippen molar-refractivity contribution in [1.82, 2.24) is 0 Å². The van der Waals surface area contributed by atoms with Crippen LogP contribution in [0.25, 0.3) is 0 Å². The summed E-state index contributed by atoms with van der Waals surface area (Å²) in [6, 6.07) is 7.90. The molecule has 0 fully saturated rings. The fourth-order valence-corrected chi connectivity index (χ4v) is 4.75. The van der Waals surface area contributed by atoms with Gasteiger partial charge in [0.25, 0.3) is 0 Å². The lowest BCUT2D eigenvalue weighted by Gasteiger charge is -2.37. The lowest BCUT2D eigenvalue weighted by atomic mass is 9.91. The fraction of sp³-hybridized carbons (Fsp3) is 0.607. The molecule has 0 bridgehead atoms. The highest BCUT2D eigenvalue weighted by Gasteiger charge is 2.37. The normalized spacial score (nSPS) is 19.3. The number of carbonyl (C=O) groups excluding carboxylic acids is 1. The van der Waals surface area contributed by atoms with Crippen LogP contribution < -0.4 is 4.74 Å². The van der Waals surface area contributed by atoms with Gasteiger partial charge in [-0.05, 0) is 85.5 Å². The molecule has 0 spiro atoms. The predicted octanol–water partition coefficient (Wildman–Crippen LogP) is 7.25. The molecule has 0 radical (unpaired) electrons. The molecule has 2 atom stereocenters. The average Bonchev–Trinajstić information content (AvgIpc) is 2.79. The van der Waals surface area contributed by atoms with Crippen molar-refractivity contribution in [1.29, 1.82) is 0 Å². The summed E-state index contributed by atoms with van der Waals surface area (Å²) in [6.07, 6.45) is 10.3. The Balaban J connectivity index is 1.77. The first-order chi connectivity index (χ1) is 15.6. The highest BCUT2D eigenvalue weighted by Crippen LogP contribution is 2.37. The van der Waals surface area contributed by atoms with E-state index in [2.05, 4.69) is 46.9 Å². The lowest BCUT2D eigenvalue weighted by Crippen LogP contribution is -2.41. The first kappa shape index (κ1) is 27.6. The Bertz CT molecular complexity index is 802. The molecule has 1 aliphatic carbocycles. The van der Waals surface area contributed by atoms with Gasteiger partial charge in [-0.2, -0.15) is 0 Å². The zero-order chi connectivity index (χ0) is 24.5. The fourth-order valence-electron chi connectivity index (χ4n) is 3.62. The van der Waals surface area contributed by atoms with Crippen LogP contribution in [0.1, 0.15) is 65.4 Å². The summed E-state index contributed by atoms with van der Waals surface area (Å²) < 4.78 is 17.6. The first-order valence-electron chi connectivity index (χ1n) is 12.3. The SMILES string of the molecule is COc1ccc(CO[C@@H]2C=C(C=O)/C(=C/CCC[C@H](C)CO[Si](C)(C)C(C)(C)C)CC2)cc1. The Morgan fingerprint density at radius 3 is 2.48 bits per heavy atom. The molecule has 1 aliphatic rings. The highest BCUT2D eigenvalue weighted by atomic mass is 28.4. The number of ether oxygens (including phenoxy) is 2. The molecular weight excluding hydrogens is 428 g/mol. The zero-order valence-electron chi connectivity index (χ0n) is 21.8. The van der Waals surface area contributed by atoms with Crippen LogP contribution in [0.2, 0.25) is 18.1 Å². The van der Waals surface area contributed by atoms with Crippen molar-refractivity contribution in [3.05, 3.63) is 53.1 Å². The third-order valence-electron chi connectivity index (χ3n) is 7.01. The van der Waals surface area contributed by atoms with E-state index in [9.17, 15) is 4.79 Å². The lowest BCUT2D eigenvalue weighted by molar-refractivity contribution is -0.104. The molecule has 0 aliphatic heterocycles. The van der Waals surface area contributed by atoms with Gasteiger partial charge in [0.05, 0.1) is 19.8 Å². The number of aldehydes is 1. The molecule has 5 heteroatoms. The smallest absolute Gasteiger partial charge is 0.191 e. The Labute approximate surface area is 202 Å². The third kappa shape index (κ3) is 8.88. The standard InChI is InChI=1S/C28H44O4Si/c1-22(20-32-33(6,7)28(2,3)4)10-8-9-11-24-14-17-27(18-25(24)19-29)31-21-23-12-15-26(30-5)16-13-23/h11-13,15-16,18-19,22,27H,8-10,14,17,20-21H2,1-7H3/b24-11+/t22-,27-/m0/s1. The van der Waals surface area contributed by atoms with Crippen molar-refractivity contribution < 1.29 is 18.7 Å².